The number of aliphatic hydroxyl groups excluding tert-OH is 2. The number of benzene rings is 1. The lowest BCUT2D eigenvalue weighted by Crippen LogP contribution is -2.25. The average Bonchev–Trinajstić information content (AvgIpc) is 2.37. The molecule has 19 heavy (non-hydrogen) atoms. The zero-order valence-corrected chi connectivity index (χ0v) is 12.2. The number of ether oxygens (including phenoxy) is 1. The molecule has 1 aromatic carbocycles. The van der Waals surface area contributed by atoms with Crippen LogP contribution in [0.25, 0.3) is 0 Å². The highest BCUT2D eigenvalue weighted by Gasteiger charge is 2.19. The van der Waals surface area contributed by atoms with E-state index in [4.69, 9.17) is 9.84 Å². The molecule has 1 aromatic rings. The van der Waals surface area contributed by atoms with Gasteiger partial charge in [0.1, 0.15) is 5.75 Å². The molecular formula is C15H25NO3. The molecule has 0 saturated carbocycles. The third-order valence-corrected chi connectivity index (χ3v) is 3.08. The molecule has 0 bridgehead atoms. The second-order valence-corrected chi connectivity index (χ2v) is 5.65. The summed E-state index contributed by atoms with van der Waals surface area (Å²) in [6.07, 6.45) is -0.649. The summed E-state index contributed by atoms with van der Waals surface area (Å²) < 4.78 is 5.30. The Kier molecular flexibility index (Phi) is 5.79. The van der Waals surface area contributed by atoms with Gasteiger partial charge in [0.25, 0.3) is 0 Å². The maximum absolute atomic E-state index is 10.2. The minimum Gasteiger partial charge on any atom is -0.496 e. The first-order valence-corrected chi connectivity index (χ1v) is 6.58. The largest absolute Gasteiger partial charge is 0.496 e. The van der Waals surface area contributed by atoms with Gasteiger partial charge in [-0.25, -0.2) is 0 Å². The first-order valence-electron chi connectivity index (χ1n) is 6.58. The van der Waals surface area contributed by atoms with Crippen molar-refractivity contribution in [2.24, 2.45) is 0 Å². The predicted molar refractivity (Wildman–Crippen MR) is 76.6 cm³/mol. The van der Waals surface area contributed by atoms with Crippen molar-refractivity contribution >= 4 is 0 Å². The van der Waals surface area contributed by atoms with E-state index in [1.807, 2.05) is 18.2 Å². The Bertz CT molecular complexity index is 399. The molecule has 0 radical (unpaired) electrons. The molecule has 108 valence electrons. The van der Waals surface area contributed by atoms with E-state index in [9.17, 15) is 5.11 Å². The second kappa shape index (κ2) is 6.89. The lowest BCUT2D eigenvalue weighted by Gasteiger charge is -2.23. The fourth-order valence-corrected chi connectivity index (χ4v) is 1.89. The van der Waals surface area contributed by atoms with Crippen molar-refractivity contribution in [1.29, 1.82) is 0 Å². The molecule has 1 rings (SSSR count). The van der Waals surface area contributed by atoms with Crippen molar-refractivity contribution in [2.75, 3.05) is 26.8 Å². The van der Waals surface area contributed by atoms with Gasteiger partial charge in [-0.1, -0.05) is 26.8 Å². The Morgan fingerprint density at radius 1 is 1.32 bits per heavy atom. The molecule has 0 spiro atoms. The summed E-state index contributed by atoms with van der Waals surface area (Å²) in [4.78, 5) is 0. The fraction of sp³-hybridized carbons (Fsp3) is 0.600. The van der Waals surface area contributed by atoms with Crippen LogP contribution in [0.3, 0.4) is 0 Å². The van der Waals surface area contributed by atoms with E-state index in [-0.39, 0.29) is 12.0 Å². The van der Waals surface area contributed by atoms with Crippen LogP contribution in [0.2, 0.25) is 0 Å². The third kappa shape index (κ3) is 4.49. The normalized spacial score (nSPS) is 13.4. The monoisotopic (exact) mass is 267 g/mol. The minimum atomic E-state index is -0.649. The summed E-state index contributed by atoms with van der Waals surface area (Å²) in [5, 5.41) is 21.9. The van der Waals surface area contributed by atoms with Gasteiger partial charge in [0.2, 0.25) is 0 Å². The van der Waals surface area contributed by atoms with E-state index in [1.165, 1.54) is 0 Å². The fourth-order valence-electron chi connectivity index (χ4n) is 1.89. The molecule has 3 N–H and O–H groups in total. The number of rotatable bonds is 6. The summed E-state index contributed by atoms with van der Waals surface area (Å²) in [6, 6.07) is 5.91. The number of hydrogen-bond acceptors (Lipinski definition) is 4. The van der Waals surface area contributed by atoms with E-state index in [0.717, 1.165) is 11.1 Å². The van der Waals surface area contributed by atoms with E-state index in [0.29, 0.717) is 18.8 Å². The van der Waals surface area contributed by atoms with E-state index in [1.54, 1.807) is 7.11 Å². The lowest BCUT2D eigenvalue weighted by molar-refractivity contribution is 0.166. The number of methoxy groups -OCH3 is 1. The van der Waals surface area contributed by atoms with Crippen LogP contribution in [0.15, 0.2) is 18.2 Å². The summed E-state index contributed by atoms with van der Waals surface area (Å²) in [7, 11) is 1.60. The van der Waals surface area contributed by atoms with Gasteiger partial charge >= 0.3 is 0 Å². The van der Waals surface area contributed by atoms with Gasteiger partial charge in [0.15, 0.2) is 0 Å². The molecule has 0 amide bonds. The average molecular weight is 267 g/mol. The molecule has 1 atom stereocenters. The van der Waals surface area contributed by atoms with Gasteiger partial charge in [0, 0.05) is 18.7 Å². The lowest BCUT2D eigenvalue weighted by atomic mass is 9.85. The van der Waals surface area contributed by atoms with E-state index < -0.39 is 6.10 Å². The van der Waals surface area contributed by atoms with Crippen LogP contribution in [0.1, 0.15) is 38.0 Å². The maximum Gasteiger partial charge on any atom is 0.124 e. The van der Waals surface area contributed by atoms with Crippen LogP contribution >= 0.6 is 0 Å². The highest BCUT2D eigenvalue weighted by atomic mass is 16.5. The van der Waals surface area contributed by atoms with E-state index in [2.05, 4.69) is 26.1 Å². The first kappa shape index (κ1) is 16.0. The quantitative estimate of drug-likeness (QED) is 0.685. The molecule has 0 aliphatic rings. The molecule has 0 fully saturated rings. The second-order valence-electron chi connectivity index (χ2n) is 5.65. The molecule has 0 saturated heterocycles. The van der Waals surface area contributed by atoms with Crippen LogP contribution in [0.5, 0.6) is 5.75 Å². The molecule has 4 nitrogen and oxygen atoms in total. The molecule has 0 aliphatic heterocycles. The number of aliphatic hydroxyl groups is 2. The Hall–Kier alpha value is -1.10. The van der Waals surface area contributed by atoms with E-state index >= 15 is 0 Å². The Labute approximate surface area is 115 Å². The number of nitrogens with one attached hydrogen (secondary N) is 1. The van der Waals surface area contributed by atoms with Gasteiger partial charge in [0.05, 0.1) is 19.8 Å². The zero-order valence-electron chi connectivity index (χ0n) is 12.2. The van der Waals surface area contributed by atoms with Crippen molar-refractivity contribution < 1.29 is 14.9 Å². The highest BCUT2D eigenvalue weighted by molar-refractivity contribution is 5.41. The van der Waals surface area contributed by atoms with Crippen LogP contribution < -0.4 is 10.1 Å². The van der Waals surface area contributed by atoms with Crippen molar-refractivity contribution in [3.8, 4) is 5.75 Å². The minimum absolute atomic E-state index is 0.0271. The highest BCUT2D eigenvalue weighted by Crippen LogP contribution is 2.31. The summed E-state index contributed by atoms with van der Waals surface area (Å²) in [6.45, 7) is 7.33. The van der Waals surface area contributed by atoms with Crippen LogP contribution in [0, 0.1) is 0 Å². The van der Waals surface area contributed by atoms with Gasteiger partial charge in [-0.05, 0) is 23.1 Å². The first-order chi connectivity index (χ1) is 8.90. The van der Waals surface area contributed by atoms with Crippen molar-refractivity contribution in [3.05, 3.63) is 29.3 Å². The SMILES string of the molecule is COc1ccc(C(C)(C)C)cc1C(O)CNCCO. The molecule has 1 unspecified atom stereocenters. The van der Waals surface area contributed by atoms with Gasteiger partial charge in [-0.3, -0.25) is 0 Å². The molecule has 0 aliphatic carbocycles. The zero-order chi connectivity index (χ0) is 14.5. The topological polar surface area (TPSA) is 61.7 Å². The smallest absolute Gasteiger partial charge is 0.124 e. The van der Waals surface area contributed by atoms with Crippen LogP contribution in [-0.4, -0.2) is 37.0 Å². The Balaban J connectivity index is 2.95. The molecule has 0 heterocycles. The molecular weight excluding hydrogens is 242 g/mol. The standard InChI is InChI=1S/C15H25NO3/c1-15(2,3)11-5-6-14(19-4)12(9-11)13(18)10-16-7-8-17/h5-6,9,13,16-18H,7-8,10H2,1-4H3. The molecule has 4 heteroatoms. The molecule has 0 aromatic heterocycles. The summed E-state index contributed by atoms with van der Waals surface area (Å²) in [5.41, 5.74) is 1.96. The van der Waals surface area contributed by atoms with Gasteiger partial charge in [-0.2, -0.15) is 0 Å². The maximum atomic E-state index is 10.2. The summed E-state index contributed by atoms with van der Waals surface area (Å²) in [5.74, 6) is 0.686. The van der Waals surface area contributed by atoms with Crippen LogP contribution in [0.4, 0.5) is 0 Å². The number of hydrogen-bond donors (Lipinski definition) is 3. The Morgan fingerprint density at radius 2 is 2.00 bits per heavy atom. The summed E-state index contributed by atoms with van der Waals surface area (Å²) >= 11 is 0. The Morgan fingerprint density at radius 3 is 2.53 bits per heavy atom. The van der Waals surface area contributed by atoms with Crippen molar-refractivity contribution in [3.63, 3.8) is 0 Å². The van der Waals surface area contributed by atoms with Gasteiger partial charge in [-0.15, -0.1) is 0 Å². The third-order valence-electron chi connectivity index (χ3n) is 3.08. The van der Waals surface area contributed by atoms with Crippen molar-refractivity contribution in [1.82, 2.24) is 5.32 Å². The van der Waals surface area contributed by atoms with Crippen molar-refractivity contribution in [2.45, 2.75) is 32.3 Å². The predicted octanol–water partition coefficient (Wildman–Crippen LogP) is 1.61. The van der Waals surface area contributed by atoms with Crippen LogP contribution in [-0.2, 0) is 5.41 Å². The van der Waals surface area contributed by atoms with Gasteiger partial charge < -0.3 is 20.3 Å².